The van der Waals surface area contributed by atoms with E-state index in [9.17, 15) is 13.6 Å². The zero-order valence-electron chi connectivity index (χ0n) is 9.21. The third-order valence-corrected chi connectivity index (χ3v) is 2.64. The predicted octanol–water partition coefficient (Wildman–Crippen LogP) is 3.75. The van der Waals surface area contributed by atoms with Crippen molar-refractivity contribution in [3.05, 3.63) is 59.2 Å². The normalized spacial score (nSPS) is 10.3. The largest absolute Gasteiger partial charge is 0.298 e. The van der Waals surface area contributed by atoms with Gasteiger partial charge in [0.05, 0.1) is 5.56 Å². The minimum Gasteiger partial charge on any atom is -0.298 e. The number of rotatable bonds is 2. The lowest BCUT2D eigenvalue weighted by Gasteiger charge is -2.09. The monoisotopic (exact) mass is 232 g/mol. The van der Waals surface area contributed by atoms with Gasteiger partial charge in [0.1, 0.15) is 11.6 Å². The van der Waals surface area contributed by atoms with Gasteiger partial charge in [-0.2, -0.15) is 0 Å². The van der Waals surface area contributed by atoms with Gasteiger partial charge in [0, 0.05) is 5.56 Å². The molecule has 0 aliphatic heterocycles. The Morgan fingerprint density at radius 1 is 1.06 bits per heavy atom. The first-order valence-electron chi connectivity index (χ1n) is 5.14. The van der Waals surface area contributed by atoms with Crippen molar-refractivity contribution in [2.45, 2.75) is 6.92 Å². The first-order chi connectivity index (χ1) is 8.15. The summed E-state index contributed by atoms with van der Waals surface area (Å²) in [7, 11) is 0. The second-order valence-electron chi connectivity index (χ2n) is 3.76. The van der Waals surface area contributed by atoms with E-state index in [0.717, 1.165) is 0 Å². The molecule has 86 valence electrons. The van der Waals surface area contributed by atoms with Gasteiger partial charge in [0.2, 0.25) is 0 Å². The highest BCUT2D eigenvalue weighted by atomic mass is 19.1. The Morgan fingerprint density at radius 2 is 1.76 bits per heavy atom. The highest BCUT2D eigenvalue weighted by molar-refractivity contribution is 5.87. The van der Waals surface area contributed by atoms with E-state index in [-0.39, 0.29) is 16.7 Å². The lowest BCUT2D eigenvalue weighted by atomic mass is 9.97. The first kappa shape index (κ1) is 11.5. The number of hydrogen-bond acceptors (Lipinski definition) is 1. The molecule has 2 rings (SSSR count). The van der Waals surface area contributed by atoms with Gasteiger partial charge in [-0.1, -0.05) is 30.3 Å². The molecule has 0 aliphatic carbocycles. The lowest BCUT2D eigenvalue weighted by Crippen LogP contribution is -1.96. The Bertz CT molecular complexity index is 576. The van der Waals surface area contributed by atoms with E-state index >= 15 is 0 Å². The molecule has 0 amide bonds. The maximum absolute atomic E-state index is 13.9. The second-order valence-corrected chi connectivity index (χ2v) is 3.76. The first-order valence-corrected chi connectivity index (χ1v) is 5.14. The minimum absolute atomic E-state index is 0.146. The van der Waals surface area contributed by atoms with Gasteiger partial charge in [0.25, 0.3) is 0 Å². The van der Waals surface area contributed by atoms with Crippen LogP contribution in [0.5, 0.6) is 0 Å². The smallest absolute Gasteiger partial charge is 0.150 e. The van der Waals surface area contributed by atoms with E-state index in [1.54, 1.807) is 19.1 Å². The van der Waals surface area contributed by atoms with Crippen LogP contribution < -0.4 is 0 Å². The van der Waals surface area contributed by atoms with Crippen molar-refractivity contribution in [2.24, 2.45) is 0 Å². The maximum Gasteiger partial charge on any atom is 0.150 e. The van der Waals surface area contributed by atoms with Crippen LogP contribution in [-0.4, -0.2) is 6.29 Å². The fourth-order valence-electron chi connectivity index (χ4n) is 1.73. The average molecular weight is 232 g/mol. The molecule has 0 N–H and O–H groups in total. The molecule has 0 aromatic heterocycles. The van der Waals surface area contributed by atoms with Gasteiger partial charge in [-0.05, 0) is 24.1 Å². The Balaban J connectivity index is 2.76. The minimum atomic E-state index is -0.664. The van der Waals surface area contributed by atoms with Crippen molar-refractivity contribution in [2.75, 3.05) is 0 Å². The van der Waals surface area contributed by atoms with Crippen LogP contribution in [0.1, 0.15) is 15.9 Å². The molecular weight excluding hydrogens is 222 g/mol. The van der Waals surface area contributed by atoms with Gasteiger partial charge in [0.15, 0.2) is 6.29 Å². The standard InChI is InChI=1S/C14H10F2O/c1-9-6-7-12(15)13(14(9)16)11-5-3-2-4-10(11)8-17/h2-8H,1H3. The number of halogens is 2. The van der Waals surface area contributed by atoms with Crippen LogP contribution in [0, 0.1) is 18.6 Å². The summed E-state index contributed by atoms with van der Waals surface area (Å²) in [6, 6.07) is 8.93. The van der Waals surface area contributed by atoms with E-state index in [2.05, 4.69) is 0 Å². The zero-order valence-corrected chi connectivity index (χ0v) is 9.21. The molecule has 2 aromatic rings. The van der Waals surface area contributed by atoms with Gasteiger partial charge in [-0.3, -0.25) is 4.79 Å². The van der Waals surface area contributed by atoms with Crippen LogP contribution >= 0.6 is 0 Å². The van der Waals surface area contributed by atoms with Crippen LogP contribution in [-0.2, 0) is 0 Å². The van der Waals surface area contributed by atoms with Crippen LogP contribution in [0.3, 0.4) is 0 Å². The molecular formula is C14H10F2O. The summed E-state index contributed by atoms with van der Waals surface area (Å²) in [6.07, 6.45) is 0.594. The van der Waals surface area contributed by atoms with Crippen LogP contribution in [0.25, 0.3) is 11.1 Å². The summed E-state index contributed by atoms with van der Waals surface area (Å²) in [5, 5.41) is 0. The Kier molecular flexibility index (Phi) is 3.00. The summed E-state index contributed by atoms with van der Waals surface area (Å²) in [5.41, 5.74) is 0.756. The molecule has 0 aliphatic rings. The summed E-state index contributed by atoms with van der Waals surface area (Å²) in [5.74, 6) is -1.29. The number of aryl methyl sites for hydroxylation is 1. The number of aldehydes is 1. The zero-order chi connectivity index (χ0) is 12.4. The van der Waals surface area contributed by atoms with E-state index in [1.807, 2.05) is 0 Å². The van der Waals surface area contributed by atoms with E-state index in [1.165, 1.54) is 24.3 Å². The van der Waals surface area contributed by atoms with E-state index < -0.39 is 11.6 Å². The van der Waals surface area contributed by atoms with Crippen molar-refractivity contribution in [1.29, 1.82) is 0 Å². The molecule has 0 saturated carbocycles. The van der Waals surface area contributed by atoms with Crippen LogP contribution in [0.2, 0.25) is 0 Å². The number of carbonyl (C=O) groups excluding carboxylic acids is 1. The molecule has 0 fully saturated rings. The Hall–Kier alpha value is -2.03. The number of hydrogen-bond donors (Lipinski definition) is 0. The third kappa shape index (κ3) is 1.96. The number of benzene rings is 2. The van der Waals surface area contributed by atoms with E-state index in [0.29, 0.717) is 11.8 Å². The van der Waals surface area contributed by atoms with Gasteiger partial charge >= 0.3 is 0 Å². The molecule has 0 heterocycles. The van der Waals surface area contributed by atoms with Gasteiger partial charge in [-0.15, -0.1) is 0 Å². The highest BCUT2D eigenvalue weighted by Crippen LogP contribution is 2.29. The van der Waals surface area contributed by atoms with Crippen molar-refractivity contribution in [1.82, 2.24) is 0 Å². The molecule has 3 heteroatoms. The van der Waals surface area contributed by atoms with E-state index in [4.69, 9.17) is 0 Å². The summed E-state index contributed by atoms with van der Waals surface area (Å²) >= 11 is 0. The van der Waals surface area contributed by atoms with Gasteiger partial charge < -0.3 is 0 Å². The molecule has 0 spiro atoms. The van der Waals surface area contributed by atoms with Crippen molar-refractivity contribution in [3.63, 3.8) is 0 Å². The molecule has 0 unspecified atom stereocenters. The van der Waals surface area contributed by atoms with Gasteiger partial charge in [-0.25, -0.2) is 8.78 Å². The molecule has 2 aromatic carbocycles. The fourth-order valence-corrected chi connectivity index (χ4v) is 1.73. The second kappa shape index (κ2) is 4.45. The van der Waals surface area contributed by atoms with Crippen molar-refractivity contribution < 1.29 is 13.6 Å². The Morgan fingerprint density at radius 3 is 2.47 bits per heavy atom. The lowest BCUT2D eigenvalue weighted by molar-refractivity contribution is 0.112. The Labute approximate surface area is 97.7 Å². The molecule has 0 bridgehead atoms. The fraction of sp³-hybridized carbons (Fsp3) is 0.0714. The molecule has 1 nitrogen and oxygen atoms in total. The molecule has 0 atom stereocenters. The molecule has 0 radical (unpaired) electrons. The number of carbonyl (C=O) groups is 1. The summed E-state index contributed by atoms with van der Waals surface area (Å²) in [4.78, 5) is 10.9. The SMILES string of the molecule is Cc1ccc(F)c(-c2ccccc2C=O)c1F. The average Bonchev–Trinajstić information content (AvgIpc) is 2.35. The highest BCUT2D eigenvalue weighted by Gasteiger charge is 2.15. The molecule has 17 heavy (non-hydrogen) atoms. The maximum atomic E-state index is 13.9. The van der Waals surface area contributed by atoms with Crippen LogP contribution in [0.4, 0.5) is 8.78 Å². The quantitative estimate of drug-likeness (QED) is 0.720. The van der Waals surface area contributed by atoms with Crippen molar-refractivity contribution >= 4 is 6.29 Å². The third-order valence-electron chi connectivity index (χ3n) is 2.64. The summed E-state index contributed by atoms with van der Waals surface area (Å²) < 4.78 is 27.6. The molecule has 0 saturated heterocycles. The van der Waals surface area contributed by atoms with Crippen LogP contribution in [0.15, 0.2) is 36.4 Å². The summed E-state index contributed by atoms with van der Waals surface area (Å²) in [6.45, 7) is 1.56. The van der Waals surface area contributed by atoms with Crippen molar-refractivity contribution in [3.8, 4) is 11.1 Å². The topological polar surface area (TPSA) is 17.1 Å². The predicted molar refractivity (Wildman–Crippen MR) is 61.9 cm³/mol.